The van der Waals surface area contributed by atoms with Crippen LogP contribution in [0.15, 0.2) is 84.0 Å². The quantitative estimate of drug-likeness (QED) is 0.181. The lowest BCUT2D eigenvalue weighted by atomic mass is 10.0. The number of carbonyl (C=O) groups is 5. The first-order valence-corrected chi connectivity index (χ1v) is 18.1. The maximum absolute atomic E-state index is 13.7. The van der Waals surface area contributed by atoms with Crippen LogP contribution in [0.3, 0.4) is 0 Å². The third-order valence-electron chi connectivity index (χ3n) is 9.04. The average Bonchev–Trinajstić information content (AvgIpc) is 3.20. The summed E-state index contributed by atoms with van der Waals surface area (Å²) in [4.78, 5) is 87.2. The van der Waals surface area contributed by atoms with Gasteiger partial charge in [0.15, 0.2) is 11.5 Å². The standard InChI is InChI=1S/C40H45N7O9/c1-25-36(49)43-21-28-12-14-29(20-33(28)55-3)56-34-19-27(13-16-32(34)54-2)37(50)42-17-7-8-18-47(40(53)30-22-41-24-44-38(30)51)23-35(48)46-31(39(52)45-25)15-11-26-9-5-4-6-10-26/h4-6,9-10,12-14,16,19-20,22,24-25,31H,7-8,11,15,17-18,21,23H2,1-3H3,(H,42,50)(H,43,49)(H,45,52)(H,46,48)(H,41,44,51)/t25-,31-/m0/s1. The minimum Gasteiger partial charge on any atom is -0.496 e. The molecule has 3 heterocycles. The Labute approximate surface area is 323 Å². The Morgan fingerprint density at radius 1 is 0.893 bits per heavy atom. The average molecular weight is 768 g/mol. The van der Waals surface area contributed by atoms with E-state index < -0.39 is 47.8 Å². The van der Waals surface area contributed by atoms with Crippen LogP contribution in [0.2, 0.25) is 0 Å². The highest BCUT2D eigenvalue weighted by atomic mass is 16.5. The Bertz CT molecular complexity index is 2090. The fourth-order valence-corrected chi connectivity index (χ4v) is 5.96. The number of benzene rings is 3. The Balaban J connectivity index is 1.41. The van der Waals surface area contributed by atoms with Crippen molar-refractivity contribution in [1.82, 2.24) is 36.1 Å². The van der Waals surface area contributed by atoms with Gasteiger partial charge in [-0.25, -0.2) is 4.98 Å². The van der Waals surface area contributed by atoms with Crippen molar-refractivity contribution in [2.75, 3.05) is 33.9 Å². The van der Waals surface area contributed by atoms with Gasteiger partial charge in [0.2, 0.25) is 17.7 Å². The molecule has 56 heavy (non-hydrogen) atoms. The van der Waals surface area contributed by atoms with Gasteiger partial charge in [0.05, 0.1) is 27.1 Å². The van der Waals surface area contributed by atoms with Gasteiger partial charge in [0, 0.05) is 43.0 Å². The molecule has 0 spiro atoms. The van der Waals surface area contributed by atoms with Gasteiger partial charge in [-0.2, -0.15) is 0 Å². The molecule has 5 amide bonds. The summed E-state index contributed by atoms with van der Waals surface area (Å²) in [7, 11) is 2.96. The third kappa shape index (κ3) is 10.9. The van der Waals surface area contributed by atoms with Gasteiger partial charge < -0.3 is 45.4 Å². The first kappa shape index (κ1) is 40.5. The van der Waals surface area contributed by atoms with Crippen LogP contribution in [0.25, 0.3) is 0 Å². The number of nitrogens with one attached hydrogen (secondary N) is 5. The van der Waals surface area contributed by atoms with E-state index in [-0.39, 0.29) is 43.3 Å². The maximum Gasteiger partial charge on any atom is 0.263 e. The molecule has 2 atom stereocenters. The number of hydrogen-bond donors (Lipinski definition) is 5. The molecule has 0 fully saturated rings. The van der Waals surface area contributed by atoms with E-state index >= 15 is 0 Å². The number of ether oxygens (including phenoxy) is 3. The number of aromatic nitrogens is 2. The van der Waals surface area contributed by atoms with E-state index in [1.807, 2.05) is 30.3 Å². The lowest BCUT2D eigenvalue weighted by Gasteiger charge is -2.25. The van der Waals surface area contributed by atoms with Crippen LogP contribution in [0.4, 0.5) is 0 Å². The molecule has 2 aliphatic heterocycles. The monoisotopic (exact) mass is 767 g/mol. The number of hydrogen-bond acceptors (Lipinski definition) is 10. The van der Waals surface area contributed by atoms with E-state index in [0.717, 1.165) is 18.1 Å². The Kier molecular flexibility index (Phi) is 14.1. The highest BCUT2D eigenvalue weighted by Gasteiger charge is 2.27. The van der Waals surface area contributed by atoms with Crippen LogP contribution in [0.5, 0.6) is 23.0 Å². The molecule has 2 aliphatic rings. The highest BCUT2D eigenvalue weighted by Crippen LogP contribution is 2.35. The summed E-state index contributed by atoms with van der Waals surface area (Å²) in [6.45, 7) is 1.36. The second kappa shape index (κ2) is 19.6. The van der Waals surface area contributed by atoms with Crippen molar-refractivity contribution in [2.45, 2.75) is 51.2 Å². The largest absolute Gasteiger partial charge is 0.496 e. The van der Waals surface area contributed by atoms with Crippen molar-refractivity contribution in [3.8, 4) is 23.0 Å². The predicted octanol–water partition coefficient (Wildman–Crippen LogP) is 2.48. The summed E-state index contributed by atoms with van der Waals surface area (Å²) in [6, 6.07) is 17.1. The van der Waals surface area contributed by atoms with E-state index in [2.05, 4.69) is 31.2 Å². The Morgan fingerprint density at radius 2 is 1.68 bits per heavy atom. The zero-order chi connectivity index (χ0) is 40.0. The second-order valence-electron chi connectivity index (χ2n) is 13.0. The number of aryl methyl sites for hydroxylation is 1. The van der Waals surface area contributed by atoms with Gasteiger partial charge in [-0.3, -0.25) is 28.8 Å². The van der Waals surface area contributed by atoms with Crippen molar-refractivity contribution < 1.29 is 38.2 Å². The highest BCUT2D eigenvalue weighted by molar-refractivity contribution is 5.97. The molecule has 3 aromatic carbocycles. The van der Waals surface area contributed by atoms with Crippen LogP contribution in [-0.2, 0) is 27.3 Å². The fraction of sp³-hybridized carbons (Fsp3) is 0.325. The molecule has 4 aromatic rings. The van der Waals surface area contributed by atoms with Crippen molar-refractivity contribution in [1.29, 1.82) is 0 Å². The minimum atomic E-state index is -1.08. The van der Waals surface area contributed by atoms with Crippen LogP contribution in [-0.4, -0.2) is 90.3 Å². The van der Waals surface area contributed by atoms with Crippen LogP contribution in [0.1, 0.15) is 58.0 Å². The maximum atomic E-state index is 13.7. The molecular weight excluding hydrogens is 722 g/mol. The van der Waals surface area contributed by atoms with Crippen LogP contribution >= 0.6 is 0 Å². The summed E-state index contributed by atoms with van der Waals surface area (Å²) in [6.07, 6.45) is 3.63. The molecule has 1 aromatic heterocycles. The van der Waals surface area contributed by atoms with E-state index in [9.17, 15) is 28.8 Å². The van der Waals surface area contributed by atoms with Crippen LogP contribution in [0, 0.1) is 0 Å². The summed E-state index contributed by atoms with van der Waals surface area (Å²) >= 11 is 0. The number of aromatic amines is 1. The molecule has 5 N–H and O–H groups in total. The first-order valence-electron chi connectivity index (χ1n) is 18.1. The lowest BCUT2D eigenvalue weighted by Crippen LogP contribution is -2.54. The second-order valence-corrected chi connectivity index (χ2v) is 13.0. The number of carbonyl (C=O) groups excluding carboxylic acids is 5. The number of amides is 5. The molecule has 6 rings (SSSR count). The number of fused-ring (bicyclic) bond motifs is 18. The molecule has 16 nitrogen and oxygen atoms in total. The Morgan fingerprint density at radius 3 is 2.43 bits per heavy atom. The van der Waals surface area contributed by atoms with E-state index in [1.165, 1.54) is 26.0 Å². The molecule has 294 valence electrons. The summed E-state index contributed by atoms with van der Waals surface area (Å²) < 4.78 is 17.1. The van der Waals surface area contributed by atoms with Crippen LogP contribution < -0.4 is 41.0 Å². The van der Waals surface area contributed by atoms with Gasteiger partial charge in [-0.1, -0.05) is 30.3 Å². The minimum absolute atomic E-state index is 0.0389. The van der Waals surface area contributed by atoms with Gasteiger partial charge in [-0.15, -0.1) is 0 Å². The SMILES string of the molecule is COc1cc2ccc1CNC(=O)[C@H](C)NC(=O)[C@H](CCc1ccccc1)NC(=O)CN(C(=O)c1cnc[nH]c1=O)CCCCNC(=O)c1ccc(OC)c(c1)O2. The molecule has 0 saturated heterocycles. The number of nitrogens with zero attached hydrogens (tertiary/aromatic N) is 2. The number of H-pyrrole nitrogens is 1. The molecule has 4 bridgehead atoms. The smallest absolute Gasteiger partial charge is 0.263 e. The molecular formula is C40H45N7O9. The zero-order valence-electron chi connectivity index (χ0n) is 31.4. The van der Waals surface area contributed by atoms with Crippen molar-refractivity contribution in [3.05, 3.63) is 112 Å². The van der Waals surface area contributed by atoms with E-state index in [0.29, 0.717) is 47.6 Å². The summed E-state index contributed by atoms with van der Waals surface area (Å²) in [5.74, 6) is -1.40. The van der Waals surface area contributed by atoms with E-state index in [4.69, 9.17) is 14.2 Å². The molecule has 0 unspecified atom stereocenters. The van der Waals surface area contributed by atoms with Gasteiger partial charge in [0.25, 0.3) is 17.4 Å². The van der Waals surface area contributed by atoms with E-state index in [1.54, 1.807) is 36.4 Å². The van der Waals surface area contributed by atoms with Crippen molar-refractivity contribution in [3.63, 3.8) is 0 Å². The number of methoxy groups -OCH3 is 2. The normalized spacial score (nSPS) is 17.5. The molecule has 0 saturated carbocycles. The lowest BCUT2D eigenvalue weighted by molar-refractivity contribution is -0.132. The Hall–Kier alpha value is -6.71. The summed E-state index contributed by atoms with van der Waals surface area (Å²) in [5, 5.41) is 11.1. The predicted molar refractivity (Wildman–Crippen MR) is 205 cm³/mol. The van der Waals surface area contributed by atoms with Crippen molar-refractivity contribution >= 4 is 29.5 Å². The van der Waals surface area contributed by atoms with Gasteiger partial charge in [-0.05, 0) is 68.5 Å². The molecule has 0 aliphatic carbocycles. The number of rotatable bonds is 6. The van der Waals surface area contributed by atoms with Crippen molar-refractivity contribution in [2.24, 2.45) is 0 Å². The fourth-order valence-electron chi connectivity index (χ4n) is 5.96. The molecule has 16 heteroatoms. The topological polar surface area (TPSA) is 210 Å². The zero-order valence-corrected chi connectivity index (χ0v) is 31.4. The van der Waals surface area contributed by atoms with Gasteiger partial charge in [0.1, 0.15) is 29.1 Å². The summed E-state index contributed by atoms with van der Waals surface area (Å²) in [5.41, 5.74) is 0.917. The first-order chi connectivity index (χ1) is 27.1. The molecule has 0 radical (unpaired) electrons. The van der Waals surface area contributed by atoms with Gasteiger partial charge >= 0.3 is 0 Å². The third-order valence-corrected chi connectivity index (χ3v) is 9.04.